The molecule has 0 aromatic heterocycles. The molecule has 0 bridgehead atoms. The van der Waals surface area contributed by atoms with Crippen molar-refractivity contribution in [1.29, 1.82) is 0 Å². The lowest BCUT2D eigenvalue weighted by atomic mass is 9.95. The number of hydrogen-bond donors (Lipinski definition) is 2. The van der Waals surface area contributed by atoms with Gasteiger partial charge in [-0.15, -0.1) is 0 Å². The molecule has 0 aromatic carbocycles. The van der Waals surface area contributed by atoms with E-state index in [2.05, 4.69) is 12.2 Å². The molecule has 3 unspecified atom stereocenters. The lowest BCUT2D eigenvalue weighted by molar-refractivity contribution is -0.129. The molecule has 0 radical (unpaired) electrons. The maximum atomic E-state index is 11.6. The van der Waals surface area contributed by atoms with Crippen LogP contribution in [0.4, 0.5) is 0 Å². The summed E-state index contributed by atoms with van der Waals surface area (Å²) in [5.74, 6) is -0.443. The molecule has 0 aromatic rings. The monoisotopic (exact) mass is 359 g/mol. The summed E-state index contributed by atoms with van der Waals surface area (Å²) in [6, 6.07) is 0. The second-order valence-electron chi connectivity index (χ2n) is 7.31. The molecule has 3 atom stereocenters. The predicted molar refractivity (Wildman–Crippen MR) is 98.5 cm³/mol. The van der Waals surface area contributed by atoms with E-state index in [0.717, 1.165) is 19.3 Å². The quantitative estimate of drug-likeness (QED) is 0.465. The van der Waals surface area contributed by atoms with E-state index < -0.39 is 11.5 Å². The summed E-state index contributed by atoms with van der Waals surface area (Å²) in [6.45, 7) is 12.5. The smallest absolute Gasteiger partial charge is 0.225 e. The average molecular weight is 360 g/mol. The SMILES string of the molecule is CCC(C)(CCOC(C)(CC)CC(C)=O)OCCNC(=O)C(C)CO. The van der Waals surface area contributed by atoms with Crippen molar-refractivity contribution in [3.05, 3.63) is 0 Å². The predicted octanol–water partition coefficient (Wildman–Crippen LogP) is 2.47. The third kappa shape index (κ3) is 9.92. The Labute approximate surface area is 152 Å². The largest absolute Gasteiger partial charge is 0.396 e. The van der Waals surface area contributed by atoms with Crippen LogP contribution >= 0.6 is 0 Å². The van der Waals surface area contributed by atoms with Crippen LogP contribution in [0.2, 0.25) is 0 Å². The fourth-order valence-electron chi connectivity index (χ4n) is 2.40. The van der Waals surface area contributed by atoms with Crippen LogP contribution in [-0.4, -0.2) is 54.4 Å². The molecule has 25 heavy (non-hydrogen) atoms. The molecule has 0 aliphatic heterocycles. The van der Waals surface area contributed by atoms with E-state index in [1.807, 2.05) is 20.8 Å². The average Bonchev–Trinajstić information content (AvgIpc) is 2.57. The molecule has 1 amide bonds. The highest BCUT2D eigenvalue weighted by molar-refractivity contribution is 5.78. The molecule has 2 N–H and O–H groups in total. The van der Waals surface area contributed by atoms with Crippen molar-refractivity contribution in [2.24, 2.45) is 5.92 Å². The van der Waals surface area contributed by atoms with E-state index in [9.17, 15) is 9.59 Å². The van der Waals surface area contributed by atoms with Crippen LogP contribution in [0.15, 0.2) is 0 Å². The van der Waals surface area contributed by atoms with Gasteiger partial charge in [-0.1, -0.05) is 20.8 Å². The third-order valence-corrected chi connectivity index (χ3v) is 4.77. The second-order valence-corrected chi connectivity index (χ2v) is 7.31. The number of amides is 1. The van der Waals surface area contributed by atoms with Gasteiger partial charge in [0.25, 0.3) is 0 Å². The van der Waals surface area contributed by atoms with Gasteiger partial charge in [0, 0.05) is 13.0 Å². The van der Waals surface area contributed by atoms with Crippen molar-refractivity contribution in [3.8, 4) is 0 Å². The van der Waals surface area contributed by atoms with Gasteiger partial charge in [-0.2, -0.15) is 0 Å². The molecule has 6 nitrogen and oxygen atoms in total. The number of aliphatic hydroxyl groups is 1. The number of Topliss-reactive ketones (excluding diaryl/α,β-unsaturated/α-hetero) is 1. The van der Waals surface area contributed by atoms with E-state index >= 15 is 0 Å². The molecule has 0 aliphatic rings. The summed E-state index contributed by atoms with van der Waals surface area (Å²) in [5, 5.41) is 11.7. The maximum absolute atomic E-state index is 11.6. The highest BCUT2D eigenvalue weighted by atomic mass is 16.5. The highest BCUT2D eigenvalue weighted by Crippen LogP contribution is 2.24. The number of aliphatic hydroxyl groups excluding tert-OH is 1. The molecular formula is C19H37NO5. The Bertz CT molecular complexity index is 415. The molecule has 6 heteroatoms. The van der Waals surface area contributed by atoms with Gasteiger partial charge in [0.2, 0.25) is 5.91 Å². The summed E-state index contributed by atoms with van der Waals surface area (Å²) >= 11 is 0. The van der Waals surface area contributed by atoms with Crippen molar-refractivity contribution in [2.75, 3.05) is 26.4 Å². The minimum atomic E-state index is -0.422. The topological polar surface area (TPSA) is 84.9 Å². The molecule has 0 saturated carbocycles. The van der Waals surface area contributed by atoms with Crippen LogP contribution in [0, 0.1) is 5.92 Å². The van der Waals surface area contributed by atoms with E-state index in [0.29, 0.717) is 26.2 Å². The number of ketones is 1. The van der Waals surface area contributed by atoms with Crippen molar-refractivity contribution in [2.45, 2.75) is 78.4 Å². The van der Waals surface area contributed by atoms with Crippen LogP contribution < -0.4 is 5.32 Å². The lowest BCUT2D eigenvalue weighted by Crippen LogP contribution is -2.38. The van der Waals surface area contributed by atoms with Gasteiger partial charge in [-0.05, 0) is 40.0 Å². The Balaban J connectivity index is 4.28. The zero-order chi connectivity index (χ0) is 19.5. The minimum Gasteiger partial charge on any atom is -0.396 e. The molecule has 0 saturated heterocycles. The summed E-state index contributed by atoms with van der Waals surface area (Å²) in [7, 11) is 0. The third-order valence-electron chi connectivity index (χ3n) is 4.77. The Morgan fingerprint density at radius 3 is 2.12 bits per heavy atom. The second kappa shape index (κ2) is 11.6. The number of carbonyl (C=O) groups excluding carboxylic acids is 2. The number of hydrogen-bond acceptors (Lipinski definition) is 5. The van der Waals surface area contributed by atoms with Crippen molar-refractivity contribution >= 4 is 11.7 Å². The van der Waals surface area contributed by atoms with E-state index in [1.54, 1.807) is 13.8 Å². The first-order valence-corrected chi connectivity index (χ1v) is 9.27. The summed E-state index contributed by atoms with van der Waals surface area (Å²) in [4.78, 5) is 23.0. The first-order chi connectivity index (χ1) is 11.6. The van der Waals surface area contributed by atoms with Gasteiger partial charge in [0.1, 0.15) is 5.78 Å². The normalized spacial score (nSPS) is 17.4. The van der Waals surface area contributed by atoms with E-state index in [1.165, 1.54) is 0 Å². The fraction of sp³-hybridized carbons (Fsp3) is 0.895. The van der Waals surface area contributed by atoms with Gasteiger partial charge in [0.05, 0.1) is 36.9 Å². The highest BCUT2D eigenvalue weighted by Gasteiger charge is 2.28. The zero-order valence-corrected chi connectivity index (χ0v) is 16.8. The number of carbonyl (C=O) groups is 2. The Morgan fingerprint density at radius 1 is 1.08 bits per heavy atom. The Kier molecular flexibility index (Phi) is 11.1. The van der Waals surface area contributed by atoms with Gasteiger partial charge in [-0.25, -0.2) is 0 Å². The number of ether oxygens (including phenoxy) is 2. The maximum Gasteiger partial charge on any atom is 0.225 e. The van der Waals surface area contributed by atoms with Crippen LogP contribution in [0.1, 0.15) is 67.2 Å². The van der Waals surface area contributed by atoms with Crippen molar-refractivity contribution in [3.63, 3.8) is 0 Å². The van der Waals surface area contributed by atoms with Crippen LogP contribution in [-0.2, 0) is 19.1 Å². The summed E-state index contributed by atoms with van der Waals surface area (Å²) in [6.07, 6.45) is 2.75. The minimum absolute atomic E-state index is 0.131. The lowest BCUT2D eigenvalue weighted by Gasteiger charge is -2.32. The standard InChI is InChI=1S/C19H37NO5/c1-7-18(5,25-12-10-20-17(23)15(3)14-21)9-11-24-19(6,8-2)13-16(4)22/h15,21H,7-14H2,1-6H3,(H,20,23). The molecule has 0 fully saturated rings. The van der Waals surface area contributed by atoms with Crippen LogP contribution in [0.25, 0.3) is 0 Å². The molecular weight excluding hydrogens is 322 g/mol. The number of nitrogens with one attached hydrogen (secondary N) is 1. The van der Waals surface area contributed by atoms with Crippen molar-refractivity contribution < 1.29 is 24.2 Å². The molecule has 0 aliphatic carbocycles. The van der Waals surface area contributed by atoms with Gasteiger partial charge < -0.3 is 19.9 Å². The first kappa shape index (κ1) is 24.0. The molecule has 0 spiro atoms. The Morgan fingerprint density at radius 2 is 1.64 bits per heavy atom. The van der Waals surface area contributed by atoms with Gasteiger partial charge in [-0.3, -0.25) is 9.59 Å². The molecule has 0 rings (SSSR count). The fourth-order valence-corrected chi connectivity index (χ4v) is 2.40. The van der Waals surface area contributed by atoms with Crippen molar-refractivity contribution in [1.82, 2.24) is 5.32 Å². The summed E-state index contributed by atoms with van der Waals surface area (Å²) < 4.78 is 11.9. The zero-order valence-electron chi connectivity index (χ0n) is 16.8. The van der Waals surface area contributed by atoms with Gasteiger partial charge in [0.15, 0.2) is 0 Å². The van der Waals surface area contributed by atoms with E-state index in [4.69, 9.17) is 14.6 Å². The van der Waals surface area contributed by atoms with Gasteiger partial charge >= 0.3 is 0 Å². The molecule has 0 heterocycles. The van der Waals surface area contributed by atoms with Crippen LogP contribution in [0.3, 0.4) is 0 Å². The van der Waals surface area contributed by atoms with Crippen LogP contribution in [0.5, 0.6) is 0 Å². The Hall–Kier alpha value is -0.980. The summed E-state index contributed by atoms with van der Waals surface area (Å²) in [5.41, 5.74) is -0.757. The van der Waals surface area contributed by atoms with E-state index in [-0.39, 0.29) is 23.9 Å². The number of rotatable bonds is 14. The first-order valence-electron chi connectivity index (χ1n) is 9.27. The molecule has 148 valence electrons.